The number of hydrogen-bond acceptors (Lipinski definition) is 6. The molecule has 1 heterocycles. The van der Waals surface area contributed by atoms with Gasteiger partial charge in [0.15, 0.2) is 0 Å². The van der Waals surface area contributed by atoms with E-state index in [1.165, 1.54) is 24.3 Å². The Morgan fingerprint density at radius 1 is 0.978 bits per heavy atom. The van der Waals surface area contributed by atoms with Gasteiger partial charge in [-0.1, -0.05) is 44.4 Å². The van der Waals surface area contributed by atoms with Crippen molar-refractivity contribution in [3.05, 3.63) is 59.4 Å². The van der Waals surface area contributed by atoms with Crippen LogP contribution in [0.25, 0.3) is 0 Å². The third-order valence-corrected chi connectivity index (χ3v) is 8.68. The van der Waals surface area contributed by atoms with E-state index in [2.05, 4.69) is 20.9 Å². The molecule has 1 aliphatic carbocycles. The topological polar surface area (TPSA) is 131 Å². The molecule has 0 bridgehead atoms. The number of rotatable bonds is 11. The molecule has 1 saturated carbocycles. The van der Waals surface area contributed by atoms with E-state index in [9.17, 15) is 24.3 Å². The van der Waals surface area contributed by atoms with Crippen LogP contribution in [-0.4, -0.2) is 83.8 Å². The van der Waals surface area contributed by atoms with Gasteiger partial charge in [-0.05, 0) is 55.6 Å². The fourth-order valence-corrected chi connectivity index (χ4v) is 5.91. The second-order valence-corrected chi connectivity index (χ2v) is 12.1. The monoisotopic (exact) mass is 645 g/mol. The maximum absolute atomic E-state index is 15.4. The number of aromatic hydroxyl groups is 1. The SMILES string of the molecule is CCC(=O)N[C@H](Cc1ccc(NC(=O)[C@@H](NC(=O)C(F)(F)c2cccc(O)c2)C2CCCCC2)c(F)c1)C(=O)N1CCN(C)CC1. The predicted octanol–water partition coefficient (Wildman–Crippen LogP) is 3.54. The van der Waals surface area contributed by atoms with E-state index < -0.39 is 52.9 Å². The summed E-state index contributed by atoms with van der Waals surface area (Å²) in [6.45, 7) is 4.07. The van der Waals surface area contributed by atoms with Crippen molar-refractivity contribution in [3.8, 4) is 5.75 Å². The fourth-order valence-electron chi connectivity index (χ4n) is 5.91. The average Bonchev–Trinajstić information content (AvgIpc) is 3.04. The number of carbonyl (C=O) groups excluding carboxylic acids is 4. The van der Waals surface area contributed by atoms with Crippen LogP contribution in [0.15, 0.2) is 42.5 Å². The fraction of sp³-hybridized carbons (Fsp3) is 0.515. The lowest BCUT2D eigenvalue weighted by molar-refractivity contribution is -0.149. The van der Waals surface area contributed by atoms with E-state index in [4.69, 9.17) is 0 Å². The molecule has 2 aromatic carbocycles. The summed E-state index contributed by atoms with van der Waals surface area (Å²) in [4.78, 5) is 55.6. The van der Waals surface area contributed by atoms with E-state index in [1.807, 2.05) is 7.05 Å². The molecule has 2 aromatic rings. The summed E-state index contributed by atoms with van der Waals surface area (Å²) >= 11 is 0. The number of anilines is 1. The van der Waals surface area contributed by atoms with Gasteiger partial charge in [0.25, 0.3) is 5.91 Å². The molecule has 2 aliphatic rings. The summed E-state index contributed by atoms with van der Waals surface area (Å²) < 4.78 is 45.5. The van der Waals surface area contributed by atoms with Gasteiger partial charge in [0.1, 0.15) is 23.7 Å². The van der Waals surface area contributed by atoms with Gasteiger partial charge >= 0.3 is 5.92 Å². The number of amides is 4. The number of halogens is 3. The van der Waals surface area contributed by atoms with E-state index >= 15 is 13.2 Å². The Morgan fingerprint density at radius 2 is 1.67 bits per heavy atom. The minimum atomic E-state index is -4.04. The standard InChI is InChI=1S/C33H42F3N5O5/c1-3-28(43)37-27(31(45)41-16-14-40(2)15-17-41)19-21-12-13-26(25(34)18-21)38-30(44)29(22-8-5-4-6-9-22)39-32(46)33(35,36)23-10-7-11-24(42)20-23/h7,10-13,18,20,22,27,29,42H,3-6,8-9,14-17,19H2,1-2H3,(H,37,43)(H,38,44)(H,39,46)/t27-,29+/m1/s1. The van der Waals surface area contributed by atoms with Crippen LogP contribution in [-0.2, 0) is 31.5 Å². The number of carbonyl (C=O) groups is 4. The predicted molar refractivity (Wildman–Crippen MR) is 166 cm³/mol. The molecule has 4 amide bonds. The van der Waals surface area contributed by atoms with Crippen molar-refractivity contribution < 1.29 is 37.5 Å². The lowest BCUT2D eigenvalue weighted by atomic mass is 9.83. The summed E-state index contributed by atoms with van der Waals surface area (Å²) in [6.07, 6.45) is 3.63. The van der Waals surface area contributed by atoms with Gasteiger partial charge in [-0.2, -0.15) is 8.78 Å². The zero-order valence-electron chi connectivity index (χ0n) is 26.2. The van der Waals surface area contributed by atoms with Gasteiger partial charge in [0.2, 0.25) is 17.7 Å². The molecule has 250 valence electrons. The molecule has 0 unspecified atom stereocenters. The van der Waals surface area contributed by atoms with Crippen molar-refractivity contribution in [2.75, 3.05) is 38.5 Å². The highest BCUT2D eigenvalue weighted by molar-refractivity contribution is 5.98. The molecule has 10 nitrogen and oxygen atoms in total. The zero-order chi connectivity index (χ0) is 33.4. The smallest absolute Gasteiger partial charge is 0.349 e. The minimum Gasteiger partial charge on any atom is -0.508 e. The molecule has 1 saturated heterocycles. The third kappa shape index (κ3) is 8.77. The average molecular weight is 646 g/mol. The van der Waals surface area contributed by atoms with Crippen LogP contribution in [0.2, 0.25) is 0 Å². The number of likely N-dealkylation sites (N-methyl/N-ethyl adjacent to an activating group) is 1. The van der Waals surface area contributed by atoms with E-state index in [-0.39, 0.29) is 30.3 Å². The number of benzene rings is 2. The first-order valence-corrected chi connectivity index (χ1v) is 15.7. The minimum absolute atomic E-state index is 0.0208. The molecule has 46 heavy (non-hydrogen) atoms. The van der Waals surface area contributed by atoms with Crippen molar-refractivity contribution >= 4 is 29.3 Å². The molecule has 0 spiro atoms. The van der Waals surface area contributed by atoms with Crippen molar-refractivity contribution in [2.24, 2.45) is 5.92 Å². The lowest BCUT2D eigenvalue weighted by Gasteiger charge is -2.34. The van der Waals surface area contributed by atoms with Gasteiger partial charge < -0.3 is 30.9 Å². The zero-order valence-corrected chi connectivity index (χ0v) is 26.2. The number of alkyl halides is 2. The molecular formula is C33H42F3N5O5. The van der Waals surface area contributed by atoms with Crippen LogP contribution in [0.4, 0.5) is 18.9 Å². The normalized spacial score (nSPS) is 17.5. The first-order chi connectivity index (χ1) is 21.9. The number of phenols is 1. The van der Waals surface area contributed by atoms with Gasteiger partial charge in [0.05, 0.1) is 5.69 Å². The van der Waals surface area contributed by atoms with Gasteiger partial charge in [0, 0.05) is 44.6 Å². The van der Waals surface area contributed by atoms with Gasteiger partial charge in [-0.15, -0.1) is 0 Å². The Labute approximate surface area is 266 Å². The quantitative estimate of drug-likeness (QED) is 0.296. The van der Waals surface area contributed by atoms with Crippen molar-refractivity contribution in [2.45, 2.75) is 69.9 Å². The van der Waals surface area contributed by atoms with E-state index in [0.717, 1.165) is 37.5 Å². The summed E-state index contributed by atoms with van der Waals surface area (Å²) in [5, 5.41) is 17.0. The Bertz CT molecular complexity index is 1410. The number of nitrogens with zero attached hydrogens (tertiary/aromatic N) is 2. The number of piperazine rings is 1. The van der Waals surface area contributed by atoms with Gasteiger partial charge in [-0.3, -0.25) is 19.2 Å². The second kappa shape index (κ2) is 15.4. The van der Waals surface area contributed by atoms with Crippen LogP contribution in [0.3, 0.4) is 0 Å². The Morgan fingerprint density at radius 3 is 2.30 bits per heavy atom. The summed E-state index contributed by atoms with van der Waals surface area (Å²) in [5.74, 6) is -8.86. The Balaban J connectivity index is 1.49. The number of phenolic OH excluding ortho intramolecular Hbond substituents is 1. The lowest BCUT2D eigenvalue weighted by Crippen LogP contribution is -2.54. The van der Waals surface area contributed by atoms with Crippen LogP contribution >= 0.6 is 0 Å². The second-order valence-electron chi connectivity index (χ2n) is 12.1. The molecule has 0 radical (unpaired) electrons. The first kappa shape index (κ1) is 34.7. The molecule has 0 aromatic heterocycles. The molecule has 2 fully saturated rings. The molecule has 4 N–H and O–H groups in total. The third-order valence-electron chi connectivity index (χ3n) is 8.68. The highest BCUT2D eigenvalue weighted by Gasteiger charge is 2.44. The van der Waals surface area contributed by atoms with Crippen LogP contribution < -0.4 is 16.0 Å². The maximum atomic E-state index is 15.4. The van der Waals surface area contributed by atoms with Crippen LogP contribution in [0.1, 0.15) is 56.6 Å². The molecule has 13 heteroatoms. The molecule has 1 aliphatic heterocycles. The molecule has 4 rings (SSSR count). The Kier molecular flexibility index (Phi) is 11.7. The maximum Gasteiger partial charge on any atom is 0.349 e. The van der Waals surface area contributed by atoms with E-state index in [0.29, 0.717) is 44.6 Å². The van der Waals surface area contributed by atoms with E-state index in [1.54, 1.807) is 11.8 Å². The Hall–Kier alpha value is -4.13. The number of nitrogens with one attached hydrogen (secondary N) is 3. The van der Waals surface area contributed by atoms with Gasteiger partial charge in [-0.25, -0.2) is 4.39 Å². The summed E-state index contributed by atoms with van der Waals surface area (Å²) in [5.41, 5.74) is -0.542. The first-order valence-electron chi connectivity index (χ1n) is 15.7. The molecule has 2 atom stereocenters. The highest BCUT2D eigenvalue weighted by Crippen LogP contribution is 2.32. The van der Waals surface area contributed by atoms with Crippen molar-refractivity contribution in [1.29, 1.82) is 0 Å². The summed E-state index contributed by atoms with van der Waals surface area (Å²) in [7, 11) is 1.96. The van der Waals surface area contributed by atoms with Crippen LogP contribution in [0, 0.1) is 11.7 Å². The molecular weight excluding hydrogens is 603 g/mol. The van der Waals surface area contributed by atoms with Crippen molar-refractivity contribution in [3.63, 3.8) is 0 Å². The highest BCUT2D eigenvalue weighted by atomic mass is 19.3. The summed E-state index contributed by atoms with van der Waals surface area (Å²) in [6, 6.07) is 5.89. The number of hydrogen-bond donors (Lipinski definition) is 4. The van der Waals surface area contributed by atoms with Crippen LogP contribution in [0.5, 0.6) is 5.75 Å². The largest absolute Gasteiger partial charge is 0.508 e. The van der Waals surface area contributed by atoms with Crippen molar-refractivity contribution in [1.82, 2.24) is 20.4 Å².